The number of para-hydroxylation sites is 1. The smallest absolute Gasteiger partial charge is 0.244 e. The predicted octanol–water partition coefficient (Wildman–Crippen LogP) is 3.56. The van der Waals surface area contributed by atoms with Gasteiger partial charge in [-0.3, -0.25) is 9.48 Å². The van der Waals surface area contributed by atoms with Crippen molar-refractivity contribution in [3.8, 4) is 0 Å². The minimum Gasteiger partial charge on any atom is -0.352 e. The molecule has 0 spiro atoms. The molecule has 130 valence electrons. The Labute approximate surface area is 151 Å². The first-order valence-corrected chi connectivity index (χ1v) is 8.63. The molecule has 25 heavy (non-hydrogen) atoms. The summed E-state index contributed by atoms with van der Waals surface area (Å²) >= 11 is 6.14. The minimum absolute atomic E-state index is 0.128. The summed E-state index contributed by atoms with van der Waals surface area (Å²) in [5.74, 6) is -0.128. The standard InChI is InChI=1S/C19H21ClN4O/c1-14-16(19(20)23(2)22-14)8-9-18(25)21-11-5-12-24-13-10-15-6-3-4-7-17(15)24/h3-4,6-10,13H,5,11-12H2,1-2H3,(H,21,25)/b9-8+. The largest absolute Gasteiger partial charge is 0.352 e. The third-order valence-corrected chi connectivity index (χ3v) is 4.60. The molecule has 3 aromatic rings. The van der Waals surface area contributed by atoms with Crippen molar-refractivity contribution in [2.24, 2.45) is 7.05 Å². The molecular weight excluding hydrogens is 336 g/mol. The van der Waals surface area contributed by atoms with Gasteiger partial charge in [-0.15, -0.1) is 0 Å². The molecule has 0 saturated carbocycles. The van der Waals surface area contributed by atoms with Gasteiger partial charge in [-0.25, -0.2) is 0 Å². The van der Waals surface area contributed by atoms with Crippen LogP contribution in [-0.4, -0.2) is 26.8 Å². The third-order valence-electron chi connectivity index (χ3n) is 4.15. The van der Waals surface area contributed by atoms with Crippen LogP contribution in [0, 0.1) is 6.92 Å². The molecule has 0 aliphatic rings. The lowest BCUT2D eigenvalue weighted by molar-refractivity contribution is -0.116. The number of aromatic nitrogens is 3. The zero-order valence-corrected chi connectivity index (χ0v) is 15.1. The fourth-order valence-corrected chi connectivity index (χ4v) is 3.09. The number of hydrogen-bond donors (Lipinski definition) is 1. The number of fused-ring (bicyclic) bond motifs is 1. The van der Waals surface area contributed by atoms with Crippen LogP contribution in [0.15, 0.2) is 42.6 Å². The Kier molecular flexibility index (Phi) is 5.24. The summed E-state index contributed by atoms with van der Waals surface area (Å²) in [6.45, 7) is 3.35. The summed E-state index contributed by atoms with van der Waals surface area (Å²) < 4.78 is 3.80. The molecule has 0 saturated heterocycles. The van der Waals surface area contributed by atoms with Crippen molar-refractivity contribution < 1.29 is 4.79 Å². The fourth-order valence-electron chi connectivity index (χ4n) is 2.85. The number of amides is 1. The van der Waals surface area contributed by atoms with E-state index in [-0.39, 0.29) is 5.91 Å². The maximum atomic E-state index is 11.9. The zero-order chi connectivity index (χ0) is 17.8. The first-order chi connectivity index (χ1) is 12.1. The van der Waals surface area contributed by atoms with Crippen LogP contribution in [0.1, 0.15) is 17.7 Å². The van der Waals surface area contributed by atoms with Crippen molar-refractivity contribution in [2.45, 2.75) is 19.9 Å². The number of carbonyl (C=O) groups excluding carboxylic acids is 1. The van der Waals surface area contributed by atoms with E-state index in [1.165, 1.54) is 17.0 Å². The van der Waals surface area contributed by atoms with Gasteiger partial charge in [-0.05, 0) is 36.9 Å². The van der Waals surface area contributed by atoms with E-state index in [0.717, 1.165) is 24.2 Å². The van der Waals surface area contributed by atoms with Crippen LogP contribution in [0.4, 0.5) is 0 Å². The molecule has 0 aliphatic heterocycles. The van der Waals surface area contributed by atoms with Crippen LogP contribution in [-0.2, 0) is 18.4 Å². The van der Waals surface area contributed by atoms with Gasteiger partial charge in [-0.2, -0.15) is 5.10 Å². The Balaban J connectivity index is 1.49. The van der Waals surface area contributed by atoms with E-state index >= 15 is 0 Å². The van der Waals surface area contributed by atoms with Gasteiger partial charge in [0.15, 0.2) is 0 Å². The van der Waals surface area contributed by atoms with Gasteiger partial charge >= 0.3 is 0 Å². The normalized spacial score (nSPS) is 11.5. The first kappa shape index (κ1) is 17.3. The Bertz CT molecular complexity index is 923. The Morgan fingerprint density at radius 2 is 2.12 bits per heavy atom. The molecule has 1 N–H and O–H groups in total. The van der Waals surface area contributed by atoms with Crippen LogP contribution in [0.5, 0.6) is 0 Å². The molecule has 0 bridgehead atoms. The maximum absolute atomic E-state index is 11.9. The Morgan fingerprint density at radius 1 is 1.32 bits per heavy atom. The number of carbonyl (C=O) groups is 1. The van der Waals surface area contributed by atoms with Crippen LogP contribution < -0.4 is 5.32 Å². The lowest BCUT2D eigenvalue weighted by atomic mass is 10.2. The average molecular weight is 357 g/mol. The summed E-state index contributed by atoms with van der Waals surface area (Å²) in [5.41, 5.74) is 2.80. The fraction of sp³-hybridized carbons (Fsp3) is 0.263. The van der Waals surface area contributed by atoms with Crippen molar-refractivity contribution in [1.82, 2.24) is 19.7 Å². The maximum Gasteiger partial charge on any atom is 0.244 e. The second-order valence-corrected chi connectivity index (χ2v) is 6.32. The molecule has 2 heterocycles. The van der Waals surface area contributed by atoms with E-state index in [1.54, 1.807) is 17.8 Å². The van der Waals surface area contributed by atoms with E-state index in [9.17, 15) is 4.79 Å². The van der Waals surface area contributed by atoms with Crippen molar-refractivity contribution >= 4 is 34.5 Å². The van der Waals surface area contributed by atoms with Gasteiger partial charge in [0.2, 0.25) is 5.91 Å². The zero-order valence-electron chi connectivity index (χ0n) is 14.4. The molecule has 1 aromatic carbocycles. The highest BCUT2D eigenvalue weighted by molar-refractivity contribution is 6.31. The Hall–Kier alpha value is -2.53. The van der Waals surface area contributed by atoms with Crippen LogP contribution in [0.2, 0.25) is 5.15 Å². The van der Waals surface area contributed by atoms with Gasteiger partial charge in [0.1, 0.15) is 5.15 Å². The van der Waals surface area contributed by atoms with Gasteiger partial charge in [-0.1, -0.05) is 29.8 Å². The van der Waals surface area contributed by atoms with Crippen LogP contribution >= 0.6 is 11.6 Å². The van der Waals surface area contributed by atoms with Crippen molar-refractivity contribution in [3.05, 3.63) is 59.0 Å². The van der Waals surface area contributed by atoms with E-state index in [2.05, 4.69) is 39.4 Å². The van der Waals surface area contributed by atoms with E-state index in [0.29, 0.717) is 11.7 Å². The highest BCUT2D eigenvalue weighted by Gasteiger charge is 2.08. The number of halogens is 1. The van der Waals surface area contributed by atoms with Crippen LogP contribution in [0.25, 0.3) is 17.0 Å². The van der Waals surface area contributed by atoms with E-state index in [1.807, 2.05) is 19.1 Å². The lowest BCUT2D eigenvalue weighted by Crippen LogP contribution is -2.23. The summed E-state index contributed by atoms with van der Waals surface area (Å²) in [4.78, 5) is 11.9. The monoisotopic (exact) mass is 356 g/mol. The molecule has 3 rings (SSSR count). The molecular formula is C19H21ClN4O. The second kappa shape index (κ2) is 7.57. The number of hydrogen-bond acceptors (Lipinski definition) is 2. The van der Waals surface area contributed by atoms with Crippen LogP contribution in [0.3, 0.4) is 0 Å². The molecule has 1 amide bonds. The summed E-state index contributed by atoms with van der Waals surface area (Å²) in [7, 11) is 1.78. The highest BCUT2D eigenvalue weighted by Crippen LogP contribution is 2.19. The molecule has 0 aliphatic carbocycles. The number of rotatable bonds is 6. The second-order valence-electron chi connectivity index (χ2n) is 5.96. The molecule has 6 heteroatoms. The van der Waals surface area contributed by atoms with Crippen molar-refractivity contribution in [3.63, 3.8) is 0 Å². The van der Waals surface area contributed by atoms with E-state index < -0.39 is 0 Å². The van der Waals surface area contributed by atoms with Crippen molar-refractivity contribution in [2.75, 3.05) is 6.54 Å². The van der Waals surface area contributed by atoms with Crippen molar-refractivity contribution in [1.29, 1.82) is 0 Å². The third kappa shape index (κ3) is 3.94. The molecule has 5 nitrogen and oxygen atoms in total. The molecule has 0 unspecified atom stereocenters. The summed E-state index contributed by atoms with van der Waals surface area (Å²) in [6.07, 6.45) is 6.16. The first-order valence-electron chi connectivity index (χ1n) is 8.25. The number of nitrogens with zero attached hydrogens (tertiary/aromatic N) is 3. The SMILES string of the molecule is Cc1nn(C)c(Cl)c1/C=C/C(=O)NCCCn1ccc2ccccc21. The quantitative estimate of drug-likeness (QED) is 0.542. The van der Waals surface area contributed by atoms with E-state index in [4.69, 9.17) is 11.6 Å². The van der Waals surface area contributed by atoms with Gasteiger partial charge in [0, 0.05) is 43.5 Å². The summed E-state index contributed by atoms with van der Waals surface area (Å²) in [5, 5.41) is 8.88. The van der Waals surface area contributed by atoms with Gasteiger partial charge in [0.25, 0.3) is 0 Å². The number of nitrogens with one attached hydrogen (secondary N) is 1. The average Bonchev–Trinajstić information content (AvgIpc) is 3.11. The van der Waals surface area contributed by atoms with Gasteiger partial charge in [0.05, 0.1) is 5.69 Å². The summed E-state index contributed by atoms with van der Waals surface area (Å²) in [6, 6.07) is 10.4. The Morgan fingerprint density at radius 3 is 2.88 bits per heavy atom. The molecule has 0 radical (unpaired) electrons. The number of benzene rings is 1. The number of aryl methyl sites for hydroxylation is 3. The topological polar surface area (TPSA) is 51.9 Å². The molecule has 0 atom stereocenters. The predicted molar refractivity (Wildman–Crippen MR) is 102 cm³/mol. The highest BCUT2D eigenvalue weighted by atomic mass is 35.5. The lowest BCUT2D eigenvalue weighted by Gasteiger charge is -2.06. The molecule has 0 fully saturated rings. The molecule has 2 aromatic heterocycles. The minimum atomic E-state index is -0.128. The van der Waals surface area contributed by atoms with Gasteiger partial charge < -0.3 is 9.88 Å².